The van der Waals surface area contributed by atoms with Gasteiger partial charge in [0.25, 0.3) is 5.78 Å². The fraction of sp³-hybridized carbons (Fsp3) is 0.474. The molecule has 0 spiro atoms. The normalized spacial score (nSPS) is 17.4. The van der Waals surface area contributed by atoms with Gasteiger partial charge >= 0.3 is 0 Å². The maximum absolute atomic E-state index is 4.83. The first-order chi connectivity index (χ1) is 13.2. The van der Waals surface area contributed by atoms with Crippen LogP contribution in [0.15, 0.2) is 30.6 Å². The summed E-state index contributed by atoms with van der Waals surface area (Å²) < 4.78 is 1.85. The Morgan fingerprint density at radius 3 is 2.81 bits per heavy atom. The van der Waals surface area contributed by atoms with E-state index in [0.717, 1.165) is 49.9 Å². The Balaban J connectivity index is 1.83. The molecule has 0 aliphatic carbocycles. The van der Waals surface area contributed by atoms with Gasteiger partial charge in [0, 0.05) is 62.8 Å². The minimum Gasteiger partial charge on any atom is -0.357 e. The highest BCUT2D eigenvalue weighted by molar-refractivity contribution is 5.61. The second kappa shape index (κ2) is 7.48. The monoisotopic (exact) mass is 366 g/mol. The molecule has 0 bridgehead atoms. The summed E-state index contributed by atoms with van der Waals surface area (Å²) in [6.07, 6.45) is 3.54. The predicted octanol–water partition coefficient (Wildman–Crippen LogP) is 1.83. The number of fused-ring (bicyclic) bond motifs is 1. The predicted molar refractivity (Wildman–Crippen MR) is 107 cm³/mol. The second-order valence-corrected chi connectivity index (χ2v) is 6.83. The largest absolute Gasteiger partial charge is 0.357 e. The molecule has 0 aromatic carbocycles. The molecule has 8 nitrogen and oxygen atoms in total. The van der Waals surface area contributed by atoms with Crippen molar-refractivity contribution in [1.29, 1.82) is 0 Å². The summed E-state index contributed by atoms with van der Waals surface area (Å²) in [7, 11) is 0. The number of nitrogens with zero attached hydrogens (tertiary/aromatic N) is 7. The lowest BCUT2D eigenvalue weighted by Gasteiger charge is -2.33. The molecule has 1 unspecified atom stereocenters. The van der Waals surface area contributed by atoms with Crippen molar-refractivity contribution in [2.24, 2.45) is 0 Å². The van der Waals surface area contributed by atoms with Crippen LogP contribution in [0.4, 0.5) is 11.6 Å². The summed E-state index contributed by atoms with van der Waals surface area (Å²) in [5, 5.41) is 8.22. The molecule has 1 N–H and O–H groups in total. The van der Waals surface area contributed by atoms with Crippen LogP contribution in [0.1, 0.15) is 20.8 Å². The lowest BCUT2D eigenvalue weighted by molar-refractivity contribution is 0.482. The van der Waals surface area contributed by atoms with Crippen LogP contribution in [0.5, 0.6) is 0 Å². The van der Waals surface area contributed by atoms with Crippen LogP contribution < -0.4 is 15.1 Å². The highest BCUT2D eigenvalue weighted by atomic mass is 15.4. The number of anilines is 2. The van der Waals surface area contributed by atoms with Crippen LogP contribution in [-0.4, -0.2) is 63.3 Å². The number of rotatable bonds is 5. The van der Waals surface area contributed by atoms with Gasteiger partial charge in [-0.25, -0.2) is 0 Å². The maximum atomic E-state index is 4.83. The van der Waals surface area contributed by atoms with E-state index in [2.05, 4.69) is 46.9 Å². The van der Waals surface area contributed by atoms with Gasteiger partial charge in [-0.05, 0) is 32.9 Å². The van der Waals surface area contributed by atoms with Crippen LogP contribution in [-0.2, 0) is 0 Å². The SMILES string of the molecule is CCN(CC)c1cc(N2CCNC(C)C2)nc2nc(-c3cccnc3)nn12. The lowest BCUT2D eigenvalue weighted by Crippen LogP contribution is -2.49. The van der Waals surface area contributed by atoms with Crippen molar-refractivity contribution >= 4 is 17.4 Å². The third kappa shape index (κ3) is 3.44. The summed E-state index contributed by atoms with van der Waals surface area (Å²) >= 11 is 0. The van der Waals surface area contributed by atoms with Crippen molar-refractivity contribution in [2.75, 3.05) is 42.5 Å². The van der Waals surface area contributed by atoms with Crippen LogP contribution in [0.3, 0.4) is 0 Å². The fourth-order valence-electron chi connectivity index (χ4n) is 3.53. The number of hydrogen-bond donors (Lipinski definition) is 1. The first-order valence-electron chi connectivity index (χ1n) is 9.61. The van der Waals surface area contributed by atoms with Gasteiger partial charge < -0.3 is 15.1 Å². The van der Waals surface area contributed by atoms with E-state index in [1.165, 1.54) is 0 Å². The molecule has 1 saturated heterocycles. The number of hydrogen-bond acceptors (Lipinski definition) is 7. The molecule has 4 rings (SSSR count). The fourth-order valence-corrected chi connectivity index (χ4v) is 3.53. The van der Waals surface area contributed by atoms with E-state index in [1.807, 2.05) is 16.6 Å². The zero-order chi connectivity index (χ0) is 18.8. The molecular formula is C19H26N8. The molecule has 4 heterocycles. The molecule has 0 radical (unpaired) electrons. The second-order valence-electron chi connectivity index (χ2n) is 6.83. The number of pyridine rings is 1. The van der Waals surface area contributed by atoms with Gasteiger partial charge in [-0.3, -0.25) is 4.98 Å². The summed E-state index contributed by atoms with van der Waals surface area (Å²) in [6.45, 7) is 11.1. The molecule has 1 aliphatic rings. The summed E-state index contributed by atoms with van der Waals surface area (Å²) in [5.74, 6) is 3.26. The van der Waals surface area contributed by atoms with Gasteiger partial charge in [0.1, 0.15) is 11.6 Å². The molecule has 0 saturated carbocycles. The van der Waals surface area contributed by atoms with Crippen molar-refractivity contribution in [2.45, 2.75) is 26.8 Å². The van der Waals surface area contributed by atoms with Crippen molar-refractivity contribution in [3.8, 4) is 11.4 Å². The molecular weight excluding hydrogens is 340 g/mol. The van der Waals surface area contributed by atoms with Crippen LogP contribution in [0.25, 0.3) is 17.2 Å². The third-order valence-electron chi connectivity index (χ3n) is 4.98. The van der Waals surface area contributed by atoms with Crippen molar-refractivity contribution < 1.29 is 0 Å². The first kappa shape index (κ1) is 17.7. The van der Waals surface area contributed by atoms with E-state index in [0.29, 0.717) is 17.6 Å². The van der Waals surface area contributed by atoms with Crippen LogP contribution in [0.2, 0.25) is 0 Å². The number of nitrogens with one attached hydrogen (secondary N) is 1. The molecule has 8 heteroatoms. The van der Waals surface area contributed by atoms with E-state index >= 15 is 0 Å². The molecule has 142 valence electrons. The van der Waals surface area contributed by atoms with Gasteiger partial charge in [0.15, 0.2) is 5.82 Å². The van der Waals surface area contributed by atoms with Crippen molar-refractivity contribution in [3.63, 3.8) is 0 Å². The molecule has 0 amide bonds. The Bertz CT molecular complexity index is 903. The summed E-state index contributed by atoms with van der Waals surface area (Å²) in [6, 6.07) is 6.45. The van der Waals surface area contributed by atoms with E-state index in [1.54, 1.807) is 12.4 Å². The Hall–Kier alpha value is -2.74. The molecule has 27 heavy (non-hydrogen) atoms. The molecule has 3 aromatic heterocycles. The Kier molecular flexibility index (Phi) is 4.89. The standard InChI is InChI=1S/C19H26N8/c1-4-25(5-2)17-11-16(26-10-9-21-14(3)13-26)22-19-23-18(24-27(17)19)15-7-6-8-20-12-15/h6-8,11-12,14,21H,4-5,9-10,13H2,1-3H3. The smallest absolute Gasteiger partial charge is 0.256 e. The highest BCUT2D eigenvalue weighted by Gasteiger charge is 2.21. The Morgan fingerprint density at radius 1 is 1.26 bits per heavy atom. The van der Waals surface area contributed by atoms with Gasteiger partial charge in [0.2, 0.25) is 0 Å². The van der Waals surface area contributed by atoms with Crippen molar-refractivity contribution in [1.82, 2.24) is 29.9 Å². The quantitative estimate of drug-likeness (QED) is 0.738. The number of aromatic nitrogens is 5. The molecule has 1 atom stereocenters. The topological polar surface area (TPSA) is 74.5 Å². The zero-order valence-electron chi connectivity index (χ0n) is 16.1. The lowest BCUT2D eigenvalue weighted by atomic mass is 10.2. The van der Waals surface area contributed by atoms with Gasteiger partial charge in [-0.15, -0.1) is 5.10 Å². The average Bonchev–Trinajstić information content (AvgIpc) is 3.14. The summed E-state index contributed by atoms with van der Waals surface area (Å²) in [5.41, 5.74) is 0.894. The minimum absolute atomic E-state index is 0.442. The Labute approximate surface area is 159 Å². The van der Waals surface area contributed by atoms with E-state index in [-0.39, 0.29) is 0 Å². The van der Waals surface area contributed by atoms with E-state index < -0.39 is 0 Å². The van der Waals surface area contributed by atoms with E-state index in [4.69, 9.17) is 15.1 Å². The van der Waals surface area contributed by atoms with Gasteiger partial charge in [-0.2, -0.15) is 14.5 Å². The van der Waals surface area contributed by atoms with Crippen molar-refractivity contribution in [3.05, 3.63) is 30.6 Å². The van der Waals surface area contributed by atoms with Crippen LogP contribution in [0, 0.1) is 0 Å². The minimum atomic E-state index is 0.442. The van der Waals surface area contributed by atoms with Crippen LogP contribution >= 0.6 is 0 Å². The Morgan fingerprint density at radius 2 is 2.11 bits per heavy atom. The molecule has 1 fully saturated rings. The molecule has 3 aromatic rings. The maximum Gasteiger partial charge on any atom is 0.256 e. The van der Waals surface area contributed by atoms with Gasteiger partial charge in [0.05, 0.1) is 0 Å². The summed E-state index contributed by atoms with van der Waals surface area (Å²) in [4.78, 5) is 18.3. The zero-order valence-corrected chi connectivity index (χ0v) is 16.1. The van der Waals surface area contributed by atoms with E-state index in [9.17, 15) is 0 Å². The third-order valence-corrected chi connectivity index (χ3v) is 4.98. The van der Waals surface area contributed by atoms with Gasteiger partial charge in [-0.1, -0.05) is 0 Å². The molecule has 1 aliphatic heterocycles. The average molecular weight is 366 g/mol. The first-order valence-corrected chi connectivity index (χ1v) is 9.61. The highest BCUT2D eigenvalue weighted by Crippen LogP contribution is 2.25. The number of piperazine rings is 1.